The van der Waals surface area contributed by atoms with Crippen molar-refractivity contribution in [3.8, 4) is 5.75 Å². The fourth-order valence-electron chi connectivity index (χ4n) is 1.79. The number of halogens is 1. The Kier molecular flexibility index (Phi) is 4.48. The molecular formula is C13H20ClNO. The zero-order valence-electron chi connectivity index (χ0n) is 10.7. The Morgan fingerprint density at radius 3 is 2.44 bits per heavy atom. The van der Waals surface area contributed by atoms with E-state index in [0.29, 0.717) is 11.9 Å². The van der Waals surface area contributed by atoms with E-state index in [4.69, 9.17) is 16.3 Å². The summed E-state index contributed by atoms with van der Waals surface area (Å²) in [4.78, 5) is 2.03. The maximum Gasteiger partial charge on any atom is 0.122 e. The van der Waals surface area contributed by atoms with Crippen molar-refractivity contribution in [3.05, 3.63) is 23.3 Å². The summed E-state index contributed by atoms with van der Waals surface area (Å²) in [6.07, 6.45) is 0. The van der Waals surface area contributed by atoms with E-state index in [1.54, 1.807) is 7.11 Å². The van der Waals surface area contributed by atoms with Crippen molar-refractivity contribution in [2.45, 2.75) is 26.7 Å². The molecule has 0 spiro atoms. The van der Waals surface area contributed by atoms with Gasteiger partial charge in [-0.1, -0.05) is 13.8 Å². The zero-order valence-corrected chi connectivity index (χ0v) is 11.4. The summed E-state index contributed by atoms with van der Waals surface area (Å²) in [7, 11) is 3.71. The van der Waals surface area contributed by atoms with Crippen LogP contribution in [0.15, 0.2) is 12.1 Å². The first-order valence-electron chi connectivity index (χ1n) is 5.46. The largest absolute Gasteiger partial charge is 0.496 e. The maximum absolute atomic E-state index is 5.86. The lowest BCUT2D eigenvalue weighted by atomic mass is 9.99. The lowest BCUT2D eigenvalue weighted by Gasteiger charge is -2.22. The summed E-state index contributed by atoms with van der Waals surface area (Å²) in [6.45, 7) is 6.40. The molecule has 1 aromatic carbocycles. The van der Waals surface area contributed by atoms with Crippen LogP contribution in [0.25, 0.3) is 0 Å². The number of hydrogen-bond acceptors (Lipinski definition) is 2. The van der Waals surface area contributed by atoms with Crippen LogP contribution in [0.4, 0.5) is 5.69 Å². The summed E-state index contributed by atoms with van der Waals surface area (Å²) in [5.74, 6) is 1.40. The summed E-state index contributed by atoms with van der Waals surface area (Å²) in [6, 6.07) is 4.74. The molecule has 0 heterocycles. The highest BCUT2D eigenvalue weighted by Crippen LogP contribution is 2.33. The molecule has 0 fully saturated rings. The summed E-state index contributed by atoms with van der Waals surface area (Å²) in [5, 5.41) is 0. The van der Waals surface area contributed by atoms with Gasteiger partial charge in [0.2, 0.25) is 0 Å². The molecule has 0 unspecified atom stereocenters. The average molecular weight is 242 g/mol. The van der Waals surface area contributed by atoms with Crippen LogP contribution < -0.4 is 9.64 Å². The number of ether oxygens (including phenoxy) is 1. The fraction of sp³-hybridized carbons (Fsp3) is 0.538. The summed E-state index contributed by atoms with van der Waals surface area (Å²) in [5.41, 5.74) is 3.57. The highest BCUT2D eigenvalue weighted by molar-refractivity contribution is 6.19. The van der Waals surface area contributed by atoms with Crippen molar-refractivity contribution in [2.24, 2.45) is 0 Å². The maximum atomic E-state index is 5.86. The number of benzene rings is 1. The molecule has 16 heavy (non-hydrogen) atoms. The Labute approximate surface area is 103 Å². The standard InChI is InChI=1S/C13H20ClNO/c1-9(2)11-7-12(15(4)8-14)10(3)6-13(11)16-5/h6-7,9H,8H2,1-5H3. The zero-order chi connectivity index (χ0) is 12.3. The molecule has 0 bridgehead atoms. The molecule has 0 radical (unpaired) electrons. The lowest BCUT2D eigenvalue weighted by Crippen LogP contribution is -2.16. The molecule has 3 heteroatoms. The van der Waals surface area contributed by atoms with Crippen molar-refractivity contribution in [1.82, 2.24) is 0 Å². The number of nitrogens with zero attached hydrogens (tertiary/aromatic N) is 1. The van der Waals surface area contributed by atoms with Gasteiger partial charge in [0.1, 0.15) is 5.75 Å². The molecule has 0 N–H and O–H groups in total. The van der Waals surface area contributed by atoms with Gasteiger partial charge in [-0.2, -0.15) is 0 Å². The highest BCUT2D eigenvalue weighted by atomic mass is 35.5. The van der Waals surface area contributed by atoms with Gasteiger partial charge in [0, 0.05) is 12.7 Å². The number of alkyl halides is 1. The Balaban J connectivity index is 3.27. The highest BCUT2D eigenvalue weighted by Gasteiger charge is 2.12. The minimum Gasteiger partial charge on any atom is -0.496 e. The van der Waals surface area contributed by atoms with Crippen molar-refractivity contribution in [3.63, 3.8) is 0 Å². The predicted octanol–water partition coefficient (Wildman–Crippen LogP) is 3.76. The molecule has 0 aliphatic carbocycles. The van der Waals surface area contributed by atoms with E-state index >= 15 is 0 Å². The van der Waals surface area contributed by atoms with Crippen LogP contribution in [0.3, 0.4) is 0 Å². The van der Waals surface area contributed by atoms with E-state index in [-0.39, 0.29) is 0 Å². The first-order chi connectivity index (χ1) is 7.51. The van der Waals surface area contributed by atoms with Gasteiger partial charge in [0.15, 0.2) is 0 Å². The number of methoxy groups -OCH3 is 1. The molecular weight excluding hydrogens is 222 g/mol. The van der Waals surface area contributed by atoms with E-state index in [1.807, 2.05) is 11.9 Å². The Bertz CT molecular complexity index is 363. The van der Waals surface area contributed by atoms with Gasteiger partial charge in [-0.05, 0) is 36.1 Å². The van der Waals surface area contributed by atoms with Crippen LogP contribution in [0.5, 0.6) is 5.75 Å². The number of aryl methyl sites for hydroxylation is 1. The van der Waals surface area contributed by atoms with Crippen molar-refractivity contribution in [2.75, 3.05) is 25.1 Å². The second-order valence-corrected chi connectivity index (χ2v) is 4.59. The third kappa shape index (κ3) is 2.62. The SMILES string of the molecule is COc1cc(C)c(N(C)CCl)cc1C(C)C. The Morgan fingerprint density at radius 1 is 1.38 bits per heavy atom. The molecule has 0 atom stereocenters. The van der Waals surface area contributed by atoms with E-state index < -0.39 is 0 Å². The van der Waals surface area contributed by atoms with Gasteiger partial charge in [-0.25, -0.2) is 0 Å². The molecule has 2 nitrogen and oxygen atoms in total. The van der Waals surface area contributed by atoms with Crippen LogP contribution >= 0.6 is 11.6 Å². The number of hydrogen-bond donors (Lipinski definition) is 0. The topological polar surface area (TPSA) is 12.5 Å². The minimum absolute atomic E-state index is 0.443. The van der Waals surface area contributed by atoms with Gasteiger partial charge >= 0.3 is 0 Å². The average Bonchev–Trinajstić information content (AvgIpc) is 2.27. The molecule has 1 rings (SSSR count). The van der Waals surface area contributed by atoms with Crippen LogP contribution in [-0.2, 0) is 0 Å². The van der Waals surface area contributed by atoms with E-state index in [0.717, 1.165) is 5.75 Å². The van der Waals surface area contributed by atoms with Gasteiger partial charge in [-0.15, -0.1) is 11.6 Å². The molecule has 0 saturated heterocycles. The first kappa shape index (κ1) is 13.2. The van der Waals surface area contributed by atoms with Crippen molar-refractivity contribution >= 4 is 17.3 Å². The first-order valence-corrected chi connectivity index (χ1v) is 6.00. The van der Waals surface area contributed by atoms with E-state index in [9.17, 15) is 0 Å². The van der Waals surface area contributed by atoms with Crippen LogP contribution in [0.1, 0.15) is 30.9 Å². The Morgan fingerprint density at radius 2 is 2.00 bits per heavy atom. The predicted molar refractivity (Wildman–Crippen MR) is 70.9 cm³/mol. The lowest BCUT2D eigenvalue weighted by molar-refractivity contribution is 0.407. The molecule has 0 aliphatic rings. The third-order valence-corrected chi connectivity index (χ3v) is 3.12. The van der Waals surface area contributed by atoms with E-state index in [1.165, 1.54) is 16.8 Å². The van der Waals surface area contributed by atoms with Crippen molar-refractivity contribution < 1.29 is 4.74 Å². The second-order valence-electron chi connectivity index (χ2n) is 4.35. The second kappa shape index (κ2) is 5.44. The van der Waals surface area contributed by atoms with Gasteiger partial charge < -0.3 is 9.64 Å². The van der Waals surface area contributed by atoms with Crippen LogP contribution in [0, 0.1) is 6.92 Å². The summed E-state index contributed by atoms with van der Waals surface area (Å²) < 4.78 is 5.40. The van der Waals surface area contributed by atoms with Gasteiger partial charge in [0.05, 0.1) is 13.1 Å². The molecule has 0 aliphatic heterocycles. The molecule has 1 aromatic rings. The monoisotopic (exact) mass is 241 g/mol. The third-order valence-electron chi connectivity index (χ3n) is 2.76. The van der Waals surface area contributed by atoms with Crippen molar-refractivity contribution in [1.29, 1.82) is 0 Å². The summed E-state index contributed by atoms with van der Waals surface area (Å²) >= 11 is 5.86. The fourth-order valence-corrected chi connectivity index (χ4v) is 1.92. The number of anilines is 1. The minimum atomic E-state index is 0.443. The molecule has 0 amide bonds. The van der Waals surface area contributed by atoms with Gasteiger partial charge in [0.25, 0.3) is 0 Å². The molecule has 90 valence electrons. The number of rotatable bonds is 4. The van der Waals surface area contributed by atoms with Crippen LogP contribution in [-0.4, -0.2) is 20.2 Å². The molecule has 0 aromatic heterocycles. The normalized spacial score (nSPS) is 10.7. The van der Waals surface area contributed by atoms with E-state index in [2.05, 4.69) is 32.9 Å². The van der Waals surface area contributed by atoms with Crippen LogP contribution in [0.2, 0.25) is 0 Å². The Hall–Kier alpha value is -0.890. The molecule has 0 saturated carbocycles. The van der Waals surface area contributed by atoms with Gasteiger partial charge in [-0.3, -0.25) is 0 Å². The smallest absolute Gasteiger partial charge is 0.122 e. The quantitative estimate of drug-likeness (QED) is 0.588.